The van der Waals surface area contributed by atoms with E-state index in [0.29, 0.717) is 11.6 Å². The first-order valence-electron chi connectivity index (χ1n) is 9.39. The highest BCUT2D eigenvalue weighted by atomic mass is 32.1. The van der Waals surface area contributed by atoms with Gasteiger partial charge in [-0.05, 0) is 56.0 Å². The fourth-order valence-corrected chi connectivity index (χ4v) is 4.95. The molecule has 2 aromatic carbocycles. The summed E-state index contributed by atoms with van der Waals surface area (Å²) >= 11 is 1.52. The summed E-state index contributed by atoms with van der Waals surface area (Å²) in [6, 6.07) is 16.4. The van der Waals surface area contributed by atoms with E-state index in [1.165, 1.54) is 16.9 Å². The Morgan fingerprint density at radius 1 is 1.21 bits per heavy atom. The summed E-state index contributed by atoms with van der Waals surface area (Å²) in [6.07, 6.45) is 0.682. The Labute approximate surface area is 169 Å². The molecule has 1 aromatic heterocycles. The molecule has 1 heterocycles. The zero-order valence-electron chi connectivity index (χ0n) is 16.6. The lowest BCUT2D eigenvalue weighted by atomic mass is 9.73. The molecule has 2 atom stereocenters. The van der Waals surface area contributed by atoms with Gasteiger partial charge in [-0.15, -0.1) is 11.3 Å². The first-order valence-corrected chi connectivity index (χ1v) is 10.2. The van der Waals surface area contributed by atoms with Gasteiger partial charge in [-0.3, -0.25) is 4.79 Å². The van der Waals surface area contributed by atoms with Crippen molar-refractivity contribution in [1.29, 1.82) is 0 Å². The molecule has 1 N–H and O–H groups in total. The standard InChI is InChI=1S/C23H24N2O2S/c1-14-15(2)28-22(24-14)25-21(26)23(3)13-17-10-11-18(27-4)12-19(17)20(23)16-8-6-5-7-9-16/h5-12,20H,13H2,1-4H3,(H,24,25,26). The van der Waals surface area contributed by atoms with Crippen molar-refractivity contribution < 1.29 is 9.53 Å². The summed E-state index contributed by atoms with van der Waals surface area (Å²) in [5, 5.41) is 3.75. The van der Waals surface area contributed by atoms with Crippen LogP contribution in [0, 0.1) is 19.3 Å². The normalized spacial score (nSPS) is 20.6. The molecule has 0 bridgehead atoms. The number of anilines is 1. The Balaban J connectivity index is 1.76. The third-order valence-corrected chi connectivity index (χ3v) is 6.75. The molecule has 0 fully saturated rings. The number of benzene rings is 2. The first kappa shape index (κ1) is 18.7. The van der Waals surface area contributed by atoms with Gasteiger partial charge in [0.2, 0.25) is 5.91 Å². The second-order valence-electron chi connectivity index (χ2n) is 7.62. The van der Waals surface area contributed by atoms with Gasteiger partial charge in [0.15, 0.2) is 5.13 Å². The van der Waals surface area contributed by atoms with E-state index in [2.05, 4.69) is 41.5 Å². The van der Waals surface area contributed by atoms with E-state index < -0.39 is 5.41 Å². The molecule has 3 aromatic rings. The third-order valence-electron chi connectivity index (χ3n) is 5.76. The van der Waals surface area contributed by atoms with Crippen molar-refractivity contribution in [1.82, 2.24) is 4.98 Å². The number of carbonyl (C=O) groups is 1. The fraction of sp³-hybridized carbons (Fsp3) is 0.304. The molecule has 144 valence electrons. The zero-order valence-corrected chi connectivity index (χ0v) is 17.4. The number of methoxy groups -OCH3 is 1. The van der Waals surface area contributed by atoms with E-state index in [0.717, 1.165) is 27.4 Å². The van der Waals surface area contributed by atoms with Crippen LogP contribution in [0.2, 0.25) is 0 Å². The highest BCUT2D eigenvalue weighted by Gasteiger charge is 2.49. The molecule has 4 nitrogen and oxygen atoms in total. The number of thiazole rings is 1. The minimum atomic E-state index is -0.608. The number of aryl methyl sites for hydroxylation is 2. The van der Waals surface area contributed by atoms with Crippen molar-refractivity contribution in [2.75, 3.05) is 12.4 Å². The first-order chi connectivity index (χ1) is 13.4. The second kappa shape index (κ2) is 7.06. The van der Waals surface area contributed by atoms with Crippen LogP contribution in [0.15, 0.2) is 48.5 Å². The van der Waals surface area contributed by atoms with E-state index in [9.17, 15) is 4.79 Å². The number of fused-ring (bicyclic) bond motifs is 1. The summed E-state index contributed by atoms with van der Waals surface area (Å²) in [6.45, 7) is 6.04. The Bertz CT molecular complexity index is 1010. The molecule has 1 aliphatic carbocycles. The van der Waals surface area contributed by atoms with Gasteiger partial charge in [0.1, 0.15) is 5.75 Å². The Morgan fingerprint density at radius 3 is 2.61 bits per heavy atom. The van der Waals surface area contributed by atoms with Gasteiger partial charge in [0.05, 0.1) is 18.2 Å². The number of nitrogens with one attached hydrogen (secondary N) is 1. The molecule has 0 radical (unpaired) electrons. The van der Waals surface area contributed by atoms with Gasteiger partial charge in [-0.25, -0.2) is 4.98 Å². The van der Waals surface area contributed by atoms with Crippen LogP contribution >= 0.6 is 11.3 Å². The molecule has 0 saturated carbocycles. The van der Waals surface area contributed by atoms with Gasteiger partial charge in [0, 0.05) is 10.8 Å². The lowest BCUT2D eigenvalue weighted by molar-refractivity contribution is -0.125. The van der Waals surface area contributed by atoms with Crippen molar-refractivity contribution >= 4 is 22.4 Å². The molecule has 4 rings (SSSR count). The van der Waals surface area contributed by atoms with Gasteiger partial charge >= 0.3 is 0 Å². The molecule has 1 amide bonds. The average Bonchev–Trinajstić information content (AvgIpc) is 3.17. The van der Waals surface area contributed by atoms with Crippen LogP contribution in [0.3, 0.4) is 0 Å². The monoisotopic (exact) mass is 392 g/mol. The van der Waals surface area contributed by atoms with Gasteiger partial charge in [-0.2, -0.15) is 0 Å². The SMILES string of the molecule is COc1ccc2c(c1)C(c1ccccc1)C(C)(C(=O)Nc1nc(C)c(C)s1)C2. The summed E-state index contributed by atoms with van der Waals surface area (Å²) in [7, 11) is 1.67. The minimum absolute atomic E-state index is 0.00488. The Morgan fingerprint density at radius 2 is 1.96 bits per heavy atom. The smallest absolute Gasteiger partial charge is 0.233 e. The predicted molar refractivity (Wildman–Crippen MR) is 113 cm³/mol. The minimum Gasteiger partial charge on any atom is -0.497 e. The van der Waals surface area contributed by atoms with Gasteiger partial charge in [-0.1, -0.05) is 36.4 Å². The maximum Gasteiger partial charge on any atom is 0.233 e. The number of amides is 1. The lowest BCUT2D eigenvalue weighted by Gasteiger charge is -2.31. The van der Waals surface area contributed by atoms with E-state index in [-0.39, 0.29) is 11.8 Å². The Hall–Kier alpha value is -2.66. The summed E-state index contributed by atoms with van der Waals surface area (Å²) in [5.41, 5.74) is 3.85. The number of carbonyl (C=O) groups excluding carboxylic acids is 1. The predicted octanol–water partition coefficient (Wildman–Crippen LogP) is 5.10. The molecular weight excluding hydrogens is 368 g/mol. The van der Waals surface area contributed by atoms with Crippen molar-refractivity contribution in [3.05, 3.63) is 75.8 Å². The summed E-state index contributed by atoms with van der Waals surface area (Å²) < 4.78 is 5.46. The van der Waals surface area contributed by atoms with Crippen LogP contribution < -0.4 is 10.1 Å². The van der Waals surface area contributed by atoms with Gasteiger partial charge < -0.3 is 10.1 Å². The molecule has 5 heteroatoms. The number of rotatable bonds is 4. The molecule has 0 spiro atoms. The molecule has 0 aliphatic heterocycles. The highest BCUT2D eigenvalue weighted by Crippen LogP contribution is 2.52. The van der Waals surface area contributed by atoms with E-state index in [1.54, 1.807) is 7.11 Å². The van der Waals surface area contributed by atoms with Crippen LogP contribution in [0.1, 0.15) is 40.1 Å². The number of hydrogen-bond acceptors (Lipinski definition) is 4. The van der Waals surface area contributed by atoms with E-state index >= 15 is 0 Å². The number of hydrogen-bond donors (Lipinski definition) is 1. The molecule has 2 unspecified atom stereocenters. The van der Waals surface area contributed by atoms with Crippen LogP contribution in [0.4, 0.5) is 5.13 Å². The number of ether oxygens (including phenoxy) is 1. The fourth-order valence-electron chi connectivity index (χ4n) is 4.14. The van der Waals surface area contributed by atoms with Crippen LogP contribution in [0.5, 0.6) is 5.75 Å². The van der Waals surface area contributed by atoms with Crippen molar-refractivity contribution in [3.8, 4) is 5.75 Å². The Kier molecular flexibility index (Phi) is 4.71. The lowest BCUT2D eigenvalue weighted by Crippen LogP contribution is -2.37. The molecule has 28 heavy (non-hydrogen) atoms. The van der Waals surface area contributed by atoms with Gasteiger partial charge in [0.25, 0.3) is 0 Å². The largest absolute Gasteiger partial charge is 0.497 e. The van der Waals surface area contributed by atoms with Crippen molar-refractivity contribution in [3.63, 3.8) is 0 Å². The van der Waals surface area contributed by atoms with Crippen LogP contribution in [0.25, 0.3) is 0 Å². The van der Waals surface area contributed by atoms with Crippen molar-refractivity contribution in [2.24, 2.45) is 5.41 Å². The quantitative estimate of drug-likeness (QED) is 0.672. The summed E-state index contributed by atoms with van der Waals surface area (Å²) in [5.74, 6) is 0.779. The topological polar surface area (TPSA) is 51.2 Å². The maximum atomic E-state index is 13.5. The zero-order chi connectivity index (χ0) is 19.9. The second-order valence-corrected chi connectivity index (χ2v) is 8.82. The molecule has 0 saturated heterocycles. The number of nitrogens with zero attached hydrogens (tertiary/aromatic N) is 1. The van der Waals surface area contributed by atoms with E-state index in [4.69, 9.17) is 4.74 Å². The summed E-state index contributed by atoms with van der Waals surface area (Å²) in [4.78, 5) is 19.1. The van der Waals surface area contributed by atoms with Crippen molar-refractivity contribution in [2.45, 2.75) is 33.1 Å². The maximum absolute atomic E-state index is 13.5. The third kappa shape index (κ3) is 3.10. The van der Waals surface area contributed by atoms with Crippen LogP contribution in [-0.2, 0) is 11.2 Å². The average molecular weight is 393 g/mol. The number of aromatic nitrogens is 1. The van der Waals surface area contributed by atoms with E-state index in [1.807, 2.05) is 38.1 Å². The highest BCUT2D eigenvalue weighted by molar-refractivity contribution is 7.15. The molecule has 1 aliphatic rings. The molecular formula is C23H24N2O2S. The van der Waals surface area contributed by atoms with Crippen LogP contribution in [-0.4, -0.2) is 18.0 Å².